The Morgan fingerprint density at radius 2 is 2.24 bits per heavy atom. The fourth-order valence-electron chi connectivity index (χ4n) is 3.38. The van der Waals surface area contributed by atoms with Gasteiger partial charge in [0.15, 0.2) is 0 Å². The van der Waals surface area contributed by atoms with Crippen LogP contribution in [0.2, 0.25) is 0 Å². The van der Waals surface area contributed by atoms with Crippen molar-refractivity contribution in [3.05, 3.63) is 17.7 Å². The van der Waals surface area contributed by atoms with Gasteiger partial charge in [-0.3, -0.25) is 4.90 Å². The van der Waals surface area contributed by atoms with Gasteiger partial charge in [-0.2, -0.15) is 0 Å². The van der Waals surface area contributed by atoms with Crippen molar-refractivity contribution in [2.24, 2.45) is 5.73 Å². The first kappa shape index (κ1) is 12.8. The summed E-state index contributed by atoms with van der Waals surface area (Å²) in [6.07, 6.45) is 1.63. The molecule has 21 heavy (non-hydrogen) atoms. The monoisotopic (exact) mass is 289 g/mol. The van der Waals surface area contributed by atoms with E-state index in [-0.39, 0.29) is 12.2 Å². The lowest BCUT2D eigenvalue weighted by atomic mass is 9.99. The van der Waals surface area contributed by atoms with Crippen LogP contribution in [0.1, 0.15) is 12.0 Å². The molecule has 0 radical (unpaired) electrons. The highest BCUT2D eigenvalue weighted by molar-refractivity contribution is 5.91. The number of cyclic esters (lactones) is 1. The number of amides is 1. The zero-order valence-corrected chi connectivity index (χ0v) is 11.9. The van der Waals surface area contributed by atoms with Crippen LogP contribution in [0, 0.1) is 0 Å². The number of rotatable bonds is 2. The fraction of sp³-hybridized carbons (Fsp3) is 0.533. The zero-order chi connectivity index (χ0) is 14.4. The second kappa shape index (κ2) is 4.80. The van der Waals surface area contributed by atoms with Gasteiger partial charge in [0.2, 0.25) is 0 Å². The number of anilines is 2. The van der Waals surface area contributed by atoms with Crippen LogP contribution in [-0.2, 0) is 11.2 Å². The molecule has 6 heteroatoms. The summed E-state index contributed by atoms with van der Waals surface area (Å²) in [5.74, 6) is 0.887. The highest BCUT2D eigenvalue weighted by Gasteiger charge is 2.33. The van der Waals surface area contributed by atoms with Gasteiger partial charge in [-0.25, -0.2) is 4.79 Å². The minimum Gasteiger partial charge on any atom is -0.489 e. The van der Waals surface area contributed by atoms with Crippen molar-refractivity contribution < 1.29 is 14.3 Å². The molecular weight excluding hydrogens is 270 g/mol. The van der Waals surface area contributed by atoms with Gasteiger partial charge in [-0.05, 0) is 24.5 Å². The van der Waals surface area contributed by atoms with Crippen molar-refractivity contribution in [2.75, 3.05) is 42.6 Å². The van der Waals surface area contributed by atoms with E-state index in [1.165, 1.54) is 11.3 Å². The third kappa shape index (κ3) is 2.01. The molecule has 0 aromatic heterocycles. The first-order valence-corrected chi connectivity index (χ1v) is 7.49. The van der Waals surface area contributed by atoms with E-state index >= 15 is 0 Å². The number of aryl methyl sites for hydroxylation is 1. The van der Waals surface area contributed by atoms with E-state index in [1.807, 2.05) is 6.07 Å². The minimum absolute atomic E-state index is 0.220. The normalized spacial score (nSPS) is 23.7. The van der Waals surface area contributed by atoms with Gasteiger partial charge in [-0.15, -0.1) is 0 Å². The molecule has 0 spiro atoms. The lowest BCUT2D eigenvalue weighted by Gasteiger charge is -2.37. The van der Waals surface area contributed by atoms with Gasteiger partial charge in [0.25, 0.3) is 0 Å². The molecule has 0 saturated carbocycles. The fourth-order valence-corrected chi connectivity index (χ4v) is 3.38. The predicted molar refractivity (Wildman–Crippen MR) is 79.1 cm³/mol. The molecule has 2 N–H and O–H groups in total. The van der Waals surface area contributed by atoms with E-state index < -0.39 is 0 Å². The summed E-state index contributed by atoms with van der Waals surface area (Å²) in [6.45, 7) is 3.59. The van der Waals surface area contributed by atoms with Crippen molar-refractivity contribution in [3.8, 4) is 5.75 Å². The summed E-state index contributed by atoms with van der Waals surface area (Å²) < 4.78 is 11.1. The lowest BCUT2D eigenvalue weighted by Crippen LogP contribution is -2.37. The van der Waals surface area contributed by atoms with Gasteiger partial charge < -0.3 is 20.1 Å². The van der Waals surface area contributed by atoms with Gasteiger partial charge in [-0.1, -0.05) is 0 Å². The molecule has 0 bridgehead atoms. The van der Waals surface area contributed by atoms with E-state index in [9.17, 15) is 4.79 Å². The Morgan fingerprint density at radius 3 is 3.05 bits per heavy atom. The Kier molecular flexibility index (Phi) is 2.92. The Balaban J connectivity index is 1.73. The maximum atomic E-state index is 12.0. The average molecular weight is 289 g/mol. The Labute approximate surface area is 123 Å². The maximum absolute atomic E-state index is 12.0. The van der Waals surface area contributed by atoms with Crippen LogP contribution < -0.4 is 20.3 Å². The summed E-state index contributed by atoms with van der Waals surface area (Å²) in [5.41, 5.74) is 8.92. The summed E-state index contributed by atoms with van der Waals surface area (Å²) in [6, 6.07) is 4.05. The number of nitrogens with two attached hydrogens (primary N) is 1. The molecule has 3 aliphatic heterocycles. The quantitative estimate of drug-likeness (QED) is 0.883. The molecule has 1 atom stereocenters. The molecule has 3 aliphatic rings. The number of ether oxygens (including phenoxy) is 2. The van der Waals surface area contributed by atoms with Crippen molar-refractivity contribution in [1.29, 1.82) is 0 Å². The molecule has 1 aromatic carbocycles. The Morgan fingerprint density at radius 1 is 1.33 bits per heavy atom. The van der Waals surface area contributed by atoms with Crippen molar-refractivity contribution in [1.82, 2.24) is 0 Å². The van der Waals surface area contributed by atoms with Crippen LogP contribution in [0.4, 0.5) is 16.2 Å². The first-order valence-electron chi connectivity index (χ1n) is 7.49. The van der Waals surface area contributed by atoms with Gasteiger partial charge in [0.05, 0.1) is 24.5 Å². The highest BCUT2D eigenvalue weighted by Crippen LogP contribution is 2.42. The van der Waals surface area contributed by atoms with E-state index in [0.29, 0.717) is 19.7 Å². The van der Waals surface area contributed by atoms with E-state index in [2.05, 4.69) is 11.0 Å². The minimum atomic E-state index is -0.318. The largest absolute Gasteiger partial charge is 0.489 e. The van der Waals surface area contributed by atoms with Crippen LogP contribution in [0.25, 0.3) is 0 Å². The molecule has 3 heterocycles. The number of nitrogens with zero attached hydrogens (tertiary/aromatic N) is 2. The molecule has 1 fully saturated rings. The van der Waals surface area contributed by atoms with Gasteiger partial charge >= 0.3 is 6.09 Å². The maximum Gasteiger partial charge on any atom is 0.414 e. The molecule has 4 rings (SSSR count). The van der Waals surface area contributed by atoms with Gasteiger partial charge in [0, 0.05) is 19.2 Å². The second-order valence-electron chi connectivity index (χ2n) is 5.74. The molecule has 1 aromatic rings. The number of hydrogen-bond acceptors (Lipinski definition) is 5. The number of hydrogen-bond donors (Lipinski definition) is 1. The Bertz CT molecular complexity index is 559. The first-order chi connectivity index (χ1) is 10.3. The Hall–Kier alpha value is -1.95. The summed E-state index contributed by atoms with van der Waals surface area (Å²) in [4.78, 5) is 16.0. The number of carbonyl (C=O) groups is 1. The van der Waals surface area contributed by atoms with E-state index in [0.717, 1.165) is 37.4 Å². The zero-order valence-electron chi connectivity index (χ0n) is 11.9. The standard InChI is InChI=1S/C15H19N3O3/c16-8-12-9-18(15(19)21-12)11-6-10-2-1-3-17-4-5-20-13(7-11)14(10)17/h6-7,12H,1-5,8-9,16H2/t12-/m0/s1. The topological polar surface area (TPSA) is 68.0 Å². The van der Waals surface area contributed by atoms with Crippen LogP contribution in [0.3, 0.4) is 0 Å². The second-order valence-corrected chi connectivity index (χ2v) is 5.74. The third-order valence-corrected chi connectivity index (χ3v) is 4.40. The summed E-state index contributed by atoms with van der Waals surface area (Å²) in [7, 11) is 0. The third-order valence-electron chi connectivity index (χ3n) is 4.40. The van der Waals surface area contributed by atoms with Crippen LogP contribution in [-0.4, -0.2) is 45.0 Å². The molecule has 1 saturated heterocycles. The molecule has 1 amide bonds. The number of carbonyl (C=O) groups excluding carboxylic acids is 1. The van der Waals surface area contributed by atoms with Crippen molar-refractivity contribution in [2.45, 2.75) is 18.9 Å². The van der Waals surface area contributed by atoms with Crippen molar-refractivity contribution >= 4 is 17.5 Å². The van der Waals surface area contributed by atoms with Gasteiger partial charge in [0.1, 0.15) is 18.5 Å². The SMILES string of the molecule is NC[C@H]1CN(c2cc3c4c(c2)OCCN4CCC3)C(=O)O1. The predicted octanol–water partition coefficient (Wildman–Crippen LogP) is 1.12. The summed E-state index contributed by atoms with van der Waals surface area (Å²) >= 11 is 0. The molecule has 0 unspecified atom stereocenters. The van der Waals surface area contributed by atoms with Crippen LogP contribution in [0.15, 0.2) is 12.1 Å². The van der Waals surface area contributed by atoms with E-state index in [1.54, 1.807) is 4.90 Å². The highest BCUT2D eigenvalue weighted by atomic mass is 16.6. The lowest BCUT2D eigenvalue weighted by molar-refractivity contribution is 0.145. The van der Waals surface area contributed by atoms with E-state index in [4.69, 9.17) is 15.2 Å². The average Bonchev–Trinajstić information content (AvgIpc) is 2.89. The molecule has 0 aliphatic carbocycles. The molecule has 112 valence electrons. The smallest absolute Gasteiger partial charge is 0.414 e. The molecular formula is C15H19N3O3. The number of benzene rings is 1. The summed E-state index contributed by atoms with van der Waals surface area (Å²) in [5, 5.41) is 0. The van der Waals surface area contributed by atoms with Crippen LogP contribution >= 0.6 is 0 Å². The molecule has 6 nitrogen and oxygen atoms in total. The van der Waals surface area contributed by atoms with Crippen LogP contribution in [0.5, 0.6) is 5.75 Å². The van der Waals surface area contributed by atoms with Crippen molar-refractivity contribution in [3.63, 3.8) is 0 Å².